The van der Waals surface area contributed by atoms with E-state index in [2.05, 4.69) is 37.1 Å². The molecule has 20 nitrogen and oxygen atoms in total. The summed E-state index contributed by atoms with van der Waals surface area (Å²) in [5, 5.41) is 19.8. The van der Waals surface area contributed by atoms with Crippen LogP contribution >= 0.6 is 0 Å². The quantitative estimate of drug-likeness (QED) is 0.0289. The molecule has 386 valence electrons. The number of benzene rings is 1. The summed E-state index contributed by atoms with van der Waals surface area (Å²) in [6, 6.07) is -2.80. The summed E-state index contributed by atoms with van der Waals surface area (Å²) >= 11 is 0. The Balaban J connectivity index is 1.75. The van der Waals surface area contributed by atoms with Crippen molar-refractivity contribution in [2.24, 2.45) is 22.6 Å². The number of guanidine groups is 1. The van der Waals surface area contributed by atoms with Gasteiger partial charge >= 0.3 is 11.9 Å². The van der Waals surface area contributed by atoms with Crippen LogP contribution in [-0.2, 0) is 59.5 Å². The number of nitrogens with two attached hydrogens (primary N) is 1. The van der Waals surface area contributed by atoms with Gasteiger partial charge in [0.05, 0.1) is 42.5 Å². The Labute approximate surface area is 406 Å². The van der Waals surface area contributed by atoms with Gasteiger partial charge in [-0.2, -0.15) is 0 Å². The lowest BCUT2D eigenvalue weighted by Gasteiger charge is -2.25. The zero-order valence-electron chi connectivity index (χ0n) is 42.1. The van der Waals surface area contributed by atoms with Crippen LogP contribution in [0.5, 0.6) is 5.75 Å². The predicted molar refractivity (Wildman–Crippen MR) is 258 cm³/mol. The molecule has 0 bridgehead atoms. The lowest BCUT2D eigenvalue weighted by atomic mass is 9.93. The molecule has 1 aliphatic heterocycles. The molecule has 0 saturated heterocycles. The van der Waals surface area contributed by atoms with E-state index in [0.29, 0.717) is 41.7 Å². The average molecular weight is 990 g/mol. The Bertz CT molecular complexity index is 2240. The van der Waals surface area contributed by atoms with E-state index in [1.165, 1.54) is 0 Å². The highest BCUT2D eigenvalue weighted by Gasteiger charge is 2.37. The number of Topliss-reactive ketones (excluding diaryl/α,β-unsaturated/α-hetero) is 1. The third-order valence-electron chi connectivity index (χ3n) is 11.4. The van der Waals surface area contributed by atoms with Gasteiger partial charge in [-0.25, -0.2) is 17.9 Å². The third-order valence-corrected chi connectivity index (χ3v) is 13.0. The standard InChI is InChI=1S/C48H75N7O13S/c1-28-29(2)40(30(3)34-24-48(10,11)68-39(28)34)69(64,65)55-45(49)50-21-17-20-35(53-37(57)26-52-41(59)31-18-15-13-12-14-16-19-31)43(61)51-25-33(56)22-32(23-38(58)67-47(7,8)9)42(60)54-36(44(62)63)27-66-46(4,5)6/h12-13,31-32,35-36H,14-27H2,1-11H3,(H,51,61)(H,52,59)(H,53,57)(H,54,60)(H,62,63)(H3,49,50,55)/b13-12-. The maximum absolute atomic E-state index is 13.7. The lowest BCUT2D eigenvalue weighted by molar-refractivity contribution is -0.157. The van der Waals surface area contributed by atoms with Crippen molar-refractivity contribution in [2.75, 3.05) is 26.2 Å². The first-order valence-corrected chi connectivity index (χ1v) is 24.9. The molecular formula is C48H75N7O13S. The van der Waals surface area contributed by atoms with Gasteiger partial charge in [0.25, 0.3) is 10.0 Å². The number of nitrogens with zero attached hydrogens (tertiary/aromatic N) is 1. The second-order valence-electron chi connectivity index (χ2n) is 20.4. The summed E-state index contributed by atoms with van der Waals surface area (Å²) in [6.07, 6.45) is 7.10. The molecule has 4 atom stereocenters. The van der Waals surface area contributed by atoms with E-state index in [1.807, 2.05) is 19.9 Å². The Morgan fingerprint density at radius 3 is 2.17 bits per heavy atom. The number of allylic oxidation sites excluding steroid dienone is 2. The van der Waals surface area contributed by atoms with Crippen LogP contribution in [0.15, 0.2) is 22.0 Å². The summed E-state index contributed by atoms with van der Waals surface area (Å²) < 4.78 is 46.8. The summed E-state index contributed by atoms with van der Waals surface area (Å²) in [7, 11) is -4.21. The van der Waals surface area contributed by atoms with Gasteiger partial charge in [0.15, 0.2) is 11.8 Å². The van der Waals surface area contributed by atoms with E-state index in [9.17, 15) is 47.1 Å². The maximum Gasteiger partial charge on any atom is 0.328 e. The molecule has 69 heavy (non-hydrogen) atoms. The topological polar surface area (TPSA) is 300 Å². The highest BCUT2D eigenvalue weighted by Crippen LogP contribution is 2.43. The third kappa shape index (κ3) is 19.0. The van der Waals surface area contributed by atoms with Crippen LogP contribution in [0.2, 0.25) is 0 Å². The fourth-order valence-electron chi connectivity index (χ4n) is 7.91. The van der Waals surface area contributed by atoms with Gasteiger partial charge in [-0.05, 0) is 138 Å². The van der Waals surface area contributed by atoms with Crippen molar-refractivity contribution < 1.29 is 61.3 Å². The molecule has 1 heterocycles. The molecule has 4 amide bonds. The van der Waals surface area contributed by atoms with Crippen molar-refractivity contribution in [3.05, 3.63) is 34.4 Å². The number of rotatable bonds is 22. The van der Waals surface area contributed by atoms with Gasteiger partial charge < -0.3 is 46.3 Å². The summed E-state index contributed by atoms with van der Waals surface area (Å²) in [5.41, 5.74) is 6.42. The molecule has 0 spiro atoms. The van der Waals surface area contributed by atoms with Crippen LogP contribution in [0, 0.1) is 32.6 Å². The first-order chi connectivity index (χ1) is 31.9. The fraction of sp³-hybridized carbons (Fsp3) is 0.667. The van der Waals surface area contributed by atoms with Crippen LogP contribution in [0.4, 0.5) is 0 Å². The average Bonchev–Trinajstić information content (AvgIpc) is 3.54. The van der Waals surface area contributed by atoms with Crippen molar-refractivity contribution in [1.82, 2.24) is 26.0 Å². The van der Waals surface area contributed by atoms with Crippen LogP contribution < -0.4 is 36.5 Å². The molecule has 1 aromatic carbocycles. The minimum absolute atomic E-state index is 0.0672. The number of aliphatic carboxylic acids is 1. The van der Waals surface area contributed by atoms with Gasteiger partial charge in [-0.15, -0.1) is 0 Å². The van der Waals surface area contributed by atoms with Gasteiger partial charge in [-0.1, -0.05) is 12.2 Å². The van der Waals surface area contributed by atoms with Gasteiger partial charge in [-0.3, -0.25) is 33.8 Å². The van der Waals surface area contributed by atoms with Gasteiger partial charge in [0, 0.05) is 30.9 Å². The first-order valence-electron chi connectivity index (χ1n) is 23.4. The molecule has 2 aliphatic rings. The van der Waals surface area contributed by atoms with Crippen LogP contribution in [0.25, 0.3) is 0 Å². The fourth-order valence-corrected chi connectivity index (χ4v) is 9.43. The zero-order chi connectivity index (χ0) is 52.1. The van der Waals surface area contributed by atoms with E-state index in [4.69, 9.17) is 19.9 Å². The second kappa shape index (κ2) is 24.8. The zero-order valence-corrected chi connectivity index (χ0v) is 43.0. The number of carbonyl (C=O) groups excluding carboxylic acids is 6. The van der Waals surface area contributed by atoms with Gasteiger partial charge in [0.1, 0.15) is 23.0 Å². The maximum atomic E-state index is 13.7. The van der Waals surface area contributed by atoms with Crippen molar-refractivity contribution in [2.45, 2.75) is 174 Å². The number of hydrogen-bond acceptors (Lipinski definition) is 13. The van der Waals surface area contributed by atoms with Crippen molar-refractivity contribution in [3.63, 3.8) is 0 Å². The number of amides is 4. The number of carbonyl (C=O) groups is 7. The molecule has 4 unspecified atom stereocenters. The highest BCUT2D eigenvalue weighted by atomic mass is 32.2. The number of hydrogen-bond donors (Lipinski definition) is 7. The number of esters is 1. The molecule has 8 N–H and O–H groups in total. The number of aliphatic imine (C=N–C) groups is 1. The van der Waals surface area contributed by atoms with E-state index in [0.717, 1.165) is 24.8 Å². The van der Waals surface area contributed by atoms with Crippen LogP contribution in [0.1, 0.15) is 135 Å². The lowest BCUT2D eigenvalue weighted by Crippen LogP contribution is -2.51. The minimum Gasteiger partial charge on any atom is -0.487 e. The molecule has 21 heteroatoms. The smallest absolute Gasteiger partial charge is 0.328 e. The molecule has 1 aromatic rings. The monoisotopic (exact) mass is 990 g/mol. The minimum atomic E-state index is -4.21. The van der Waals surface area contributed by atoms with Crippen molar-refractivity contribution >= 4 is 57.3 Å². The molecule has 0 aromatic heterocycles. The molecule has 1 aliphatic carbocycles. The van der Waals surface area contributed by atoms with Gasteiger partial charge in [0.2, 0.25) is 29.6 Å². The molecule has 3 rings (SSSR count). The molecule has 0 fully saturated rings. The first kappa shape index (κ1) is 57.7. The number of sulfonamides is 1. The number of fused-ring (bicyclic) bond motifs is 1. The van der Waals surface area contributed by atoms with Crippen molar-refractivity contribution in [3.8, 4) is 5.75 Å². The van der Waals surface area contributed by atoms with E-state index in [1.54, 1.807) is 62.3 Å². The Kier molecular flexibility index (Phi) is 20.8. The van der Waals surface area contributed by atoms with Crippen LogP contribution in [-0.4, -0.2) is 116 Å². The largest absolute Gasteiger partial charge is 0.487 e. The predicted octanol–water partition coefficient (Wildman–Crippen LogP) is 3.24. The normalized spacial score (nSPS) is 17.8. The summed E-state index contributed by atoms with van der Waals surface area (Å²) in [5.74, 6) is -7.09. The number of nitrogens with one attached hydrogen (secondary N) is 5. The number of carboxylic acids is 1. The molecule has 0 saturated carbocycles. The Morgan fingerprint density at radius 2 is 1.54 bits per heavy atom. The molecular weight excluding hydrogens is 915 g/mol. The Hall–Kier alpha value is -5.57. The number of ether oxygens (including phenoxy) is 3. The SMILES string of the molecule is Cc1c(C)c(S(=O)(=O)NC(N)=NCCCC(NC(=O)CNC(=O)C2CC/C=C\CCC2)C(=O)NCC(=O)CC(CC(=O)OC(C)(C)C)C(=O)NC(COC(C)(C)C)C(=O)O)c(C)c2c1OC(C)(C)C2. The Morgan fingerprint density at radius 1 is 0.870 bits per heavy atom. The summed E-state index contributed by atoms with van der Waals surface area (Å²) in [4.78, 5) is 95.9. The second-order valence-corrected chi connectivity index (χ2v) is 22.0. The van der Waals surface area contributed by atoms with E-state index in [-0.39, 0.29) is 36.1 Å². The number of carboxylic acid groups (broad SMARTS) is 1. The summed E-state index contributed by atoms with van der Waals surface area (Å²) in [6.45, 7) is 17.4. The highest BCUT2D eigenvalue weighted by molar-refractivity contribution is 7.90. The van der Waals surface area contributed by atoms with E-state index >= 15 is 0 Å². The molecule has 0 radical (unpaired) electrons. The van der Waals surface area contributed by atoms with Crippen LogP contribution in [0.3, 0.4) is 0 Å². The number of ketones is 1. The van der Waals surface area contributed by atoms with Crippen molar-refractivity contribution in [1.29, 1.82) is 0 Å². The van der Waals surface area contributed by atoms with E-state index < -0.39 is 119 Å².